The van der Waals surface area contributed by atoms with Crippen LogP contribution in [0.1, 0.15) is 6.42 Å². The highest BCUT2D eigenvalue weighted by molar-refractivity contribution is 4.91. The van der Waals surface area contributed by atoms with Crippen molar-refractivity contribution in [2.24, 2.45) is 0 Å². The average Bonchev–Trinajstić information content (AvgIpc) is 2.50. The van der Waals surface area contributed by atoms with Crippen LogP contribution >= 0.6 is 0 Å². The summed E-state index contributed by atoms with van der Waals surface area (Å²) in [4.78, 5) is 0. The van der Waals surface area contributed by atoms with Gasteiger partial charge in [-0.1, -0.05) is 0 Å². The van der Waals surface area contributed by atoms with Gasteiger partial charge in [-0.25, -0.2) is 0 Å². The van der Waals surface area contributed by atoms with Crippen molar-refractivity contribution in [3.05, 3.63) is 0 Å². The first kappa shape index (κ1) is 17.9. The summed E-state index contributed by atoms with van der Waals surface area (Å²) >= 11 is 0. The zero-order valence-corrected chi connectivity index (χ0v) is 11.7. The van der Waals surface area contributed by atoms with Gasteiger partial charge in [0.15, 0.2) is 12.6 Å². The molecule has 0 spiro atoms. The second-order valence-corrected chi connectivity index (χ2v) is 5.41. The minimum absolute atomic E-state index is 0.146. The molecule has 0 bridgehead atoms. The zero-order valence-electron chi connectivity index (χ0n) is 11.7. The van der Waals surface area contributed by atoms with E-state index in [1.165, 1.54) is 0 Å². The molecule has 9 atom stereocenters. The summed E-state index contributed by atoms with van der Waals surface area (Å²) < 4.78 is 15.4. The molecular weight excluding hydrogens is 304 g/mol. The Labute approximate surface area is 126 Å². The van der Waals surface area contributed by atoms with Crippen molar-refractivity contribution in [2.75, 3.05) is 13.2 Å². The summed E-state index contributed by atoms with van der Waals surface area (Å²) in [6, 6.07) is 0. The van der Waals surface area contributed by atoms with Gasteiger partial charge in [0.05, 0.1) is 19.3 Å². The van der Waals surface area contributed by atoms with E-state index >= 15 is 0 Å². The maximum absolute atomic E-state index is 9.98. The van der Waals surface area contributed by atoms with Gasteiger partial charge in [0.1, 0.15) is 36.6 Å². The number of ether oxygens (including phenoxy) is 3. The third-order valence-electron chi connectivity index (χ3n) is 3.86. The molecule has 10 nitrogen and oxygen atoms in total. The maximum Gasteiger partial charge on any atom is 0.187 e. The molecule has 130 valence electrons. The quantitative estimate of drug-likeness (QED) is 0.268. The summed E-state index contributed by atoms with van der Waals surface area (Å²) in [7, 11) is 0. The number of hydrogen-bond donors (Lipinski definition) is 7. The van der Waals surface area contributed by atoms with Crippen LogP contribution < -0.4 is 0 Å². The lowest BCUT2D eigenvalue weighted by atomic mass is 9.98. The highest BCUT2D eigenvalue weighted by Gasteiger charge is 2.47. The summed E-state index contributed by atoms with van der Waals surface area (Å²) in [5.41, 5.74) is 0. The van der Waals surface area contributed by atoms with E-state index in [2.05, 4.69) is 0 Å². The first-order chi connectivity index (χ1) is 10.4. The molecular formula is C12H22O10. The van der Waals surface area contributed by atoms with Crippen LogP contribution in [0.4, 0.5) is 0 Å². The first-order valence-electron chi connectivity index (χ1n) is 6.97. The lowest BCUT2D eigenvalue weighted by Gasteiger charge is -2.43. The Kier molecular flexibility index (Phi) is 6.07. The van der Waals surface area contributed by atoms with Gasteiger partial charge in [-0.2, -0.15) is 0 Å². The molecule has 2 rings (SSSR count). The fourth-order valence-corrected chi connectivity index (χ4v) is 2.55. The van der Waals surface area contributed by atoms with Crippen LogP contribution in [0.5, 0.6) is 0 Å². The number of rotatable bonds is 4. The smallest absolute Gasteiger partial charge is 0.187 e. The molecule has 2 aliphatic rings. The molecule has 7 N–H and O–H groups in total. The van der Waals surface area contributed by atoms with Crippen LogP contribution in [0, 0.1) is 0 Å². The van der Waals surface area contributed by atoms with Crippen molar-refractivity contribution in [1.29, 1.82) is 0 Å². The lowest BCUT2D eigenvalue weighted by molar-refractivity contribution is -0.336. The van der Waals surface area contributed by atoms with Crippen LogP contribution in [-0.4, -0.2) is 104 Å². The van der Waals surface area contributed by atoms with Crippen molar-refractivity contribution >= 4 is 0 Å². The molecule has 10 heteroatoms. The Hall–Kier alpha value is -0.400. The predicted molar refractivity (Wildman–Crippen MR) is 67.2 cm³/mol. The highest BCUT2D eigenvalue weighted by atomic mass is 16.7. The Morgan fingerprint density at radius 3 is 1.95 bits per heavy atom. The SMILES string of the molecule is OCC1OC(O[C@@H]2C[C@H](O)OC(CO)[C@@H]2O)[C@@H](O)[C@@H](O)[C@H]1O. The van der Waals surface area contributed by atoms with E-state index in [0.717, 1.165) is 0 Å². The van der Waals surface area contributed by atoms with Crippen molar-refractivity contribution < 1.29 is 50.0 Å². The fourth-order valence-electron chi connectivity index (χ4n) is 2.55. The Morgan fingerprint density at radius 2 is 1.36 bits per heavy atom. The Morgan fingerprint density at radius 1 is 0.773 bits per heavy atom. The topological polar surface area (TPSA) is 169 Å². The number of hydrogen-bond acceptors (Lipinski definition) is 10. The van der Waals surface area contributed by atoms with E-state index in [0.29, 0.717) is 0 Å². The highest BCUT2D eigenvalue weighted by Crippen LogP contribution is 2.27. The summed E-state index contributed by atoms with van der Waals surface area (Å²) in [5.74, 6) is 0. The van der Waals surface area contributed by atoms with Crippen LogP contribution in [0.15, 0.2) is 0 Å². The van der Waals surface area contributed by atoms with Gasteiger partial charge in [0, 0.05) is 6.42 Å². The van der Waals surface area contributed by atoms with Gasteiger partial charge >= 0.3 is 0 Å². The molecule has 2 heterocycles. The van der Waals surface area contributed by atoms with E-state index < -0.39 is 68.5 Å². The Bertz CT molecular complexity index is 353. The van der Waals surface area contributed by atoms with Crippen LogP contribution in [0.2, 0.25) is 0 Å². The molecule has 0 aromatic heterocycles. The maximum atomic E-state index is 9.98. The monoisotopic (exact) mass is 326 g/mol. The van der Waals surface area contributed by atoms with Gasteiger partial charge in [-0.05, 0) is 0 Å². The fraction of sp³-hybridized carbons (Fsp3) is 1.00. The minimum atomic E-state index is -1.61. The third-order valence-corrected chi connectivity index (χ3v) is 3.86. The van der Waals surface area contributed by atoms with Gasteiger partial charge in [0.25, 0.3) is 0 Å². The van der Waals surface area contributed by atoms with Gasteiger partial charge in [-0.3, -0.25) is 0 Å². The normalized spacial score (nSPS) is 50.0. The molecule has 0 aromatic carbocycles. The van der Waals surface area contributed by atoms with Gasteiger partial charge < -0.3 is 50.0 Å². The number of aliphatic hydroxyl groups is 7. The van der Waals surface area contributed by atoms with Crippen LogP contribution in [0.25, 0.3) is 0 Å². The van der Waals surface area contributed by atoms with Crippen molar-refractivity contribution in [1.82, 2.24) is 0 Å². The van der Waals surface area contributed by atoms with Crippen molar-refractivity contribution in [2.45, 2.75) is 61.7 Å². The summed E-state index contributed by atoms with van der Waals surface area (Å²) in [6.07, 6.45) is -12.1. The molecule has 2 saturated heterocycles. The largest absolute Gasteiger partial charge is 0.394 e. The van der Waals surface area contributed by atoms with E-state index in [1.807, 2.05) is 0 Å². The number of aliphatic hydroxyl groups excluding tert-OH is 7. The second kappa shape index (κ2) is 7.45. The second-order valence-electron chi connectivity index (χ2n) is 5.41. The first-order valence-corrected chi connectivity index (χ1v) is 6.97. The molecule has 0 aliphatic carbocycles. The predicted octanol–water partition coefficient (Wildman–Crippen LogP) is -4.37. The molecule has 2 fully saturated rings. The molecule has 0 aromatic rings. The average molecular weight is 326 g/mol. The van der Waals surface area contributed by atoms with E-state index in [9.17, 15) is 25.5 Å². The van der Waals surface area contributed by atoms with Crippen LogP contribution in [0.3, 0.4) is 0 Å². The zero-order chi connectivity index (χ0) is 16.4. The summed E-state index contributed by atoms with van der Waals surface area (Å²) in [6.45, 7) is -1.16. The molecule has 2 aliphatic heterocycles. The Balaban J connectivity index is 2.04. The van der Waals surface area contributed by atoms with Crippen LogP contribution in [-0.2, 0) is 14.2 Å². The molecule has 0 saturated carbocycles. The molecule has 0 amide bonds. The van der Waals surface area contributed by atoms with Crippen molar-refractivity contribution in [3.63, 3.8) is 0 Å². The van der Waals surface area contributed by atoms with E-state index in [4.69, 9.17) is 24.4 Å². The minimum Gasteiger partial charge on any atom is -0.394 e. The summed E-state index contributed by atoms with van der Waals surface area (Å²) in [5, 5.41) is 66.9. The molecule has 0 radical (unpaired) electrons. The van der Waals surface area contributed by atoms with Crippen molar-refractivity contribution in [3.8, 4) is 0 Å². The standard InChI is InChI=1S/C12H22O10/c13-2-5-8(16)4(1-7(15)20-5)21-12-11(19)10(18)9(17)6(3-14)22-12/h4-19H,1-3H2/t4-,5?,6?,7-,8-,9+,10+,11+,12?/m1/s1. The van der Waals surface area contributed by atoms with Gasteiger partial charge in [0.2, 0.25) is 0 Å². The van der Waals surface area contributed by atoms with E-state index in [1.54, 1.807) is 0 Å². The lowest BCUT2D eigenvalue weighted by Crippen LogP contribution is -2.61. The van der Waals surface area contributed by atoms with Gasteiger partial charge in [-0.15, -0.1) is 0 Å². The molecule has 3 unspecified atom stereocenters. The third kappa shape index (κ3) is 3.57. The van der Waals surface area contributed by atoms with E-state index in [-0.39, 0.29) is 6.42 Å². The molecule has 22 heavy (non-hydrogen) atoms.